The number of benzene rings is 2. The molecule has 0 amide bonds. The monoisotopic (exact) mass is 492 g/mol. The minimum absolute atomic E-state index is 0.00730. The Balaban J connectivity index is 1.43. The second kappa shape index (κ2) is 9.23. The van der Waals surface area contributed by atoms with Crippen molar-refractivity contribution in [1.29, 1.82) is 0 Å². The standard InChI is InChI=1S/C27H23F3N4O2/c1-18-8-10-20(11-9-18)17-34-19(2)16-23(32-34)24-31-25(33-35-24)26(36-27(28,29)30)14-12-22(13-15-26)21-6-4-3-5-7-21/h3-16,22H,17H2,1-2H3. The van der Waals surface area contributed by atoms with Gasteiger partial charge in [0.25, 0.3) is 5.89 Å². The van der Waals surface area contributed by atoms with E-state index in [4.69, 9.17) is 4.52 Å². The van der Waals surface area contributed by atoms with Crippen LogP contribution in [0.5, 0.6) is 0 Å². The number of allylic oxidation sites excluding steroid dienone is 2. The van der Waals surface area contributed by atoms with Crippen LogP contribution in [0.2, 0.25) is 0 Å². The van der Waals surface area contributed by atoms with Gasteiger partial charge in [0.15, 0.2) is 11.3 Å². The molecule has 0 saturated heterocycles. The van der Waals surface area contributed by atoms with E-state index in [0.717, 1.165) is 22.4 Å². The molecule has 2 heterocycles. The molecule has 184 valence electrons. The summed E-state index contributed by atoms with van der Waals surface area (Å²) in [4.78, 5) is 4.25. The Morgan fingerprint density at radius 3 is 2.36 bits per heavy atom. The number of aromatic nitrogens is 4. The zero-order chi connectivity index (χ0) is 25.3. The Morgan fingerprint density at radius 2 is 1.69 bits per heavy atom. The van der Waals surface area contributed by atoms with E-state index in [1.54, 1.807) is 22.9 Å². The van der Waals surface area contributed by atoms with Crippen molar-refractivity contribution in [3.63, 3.8) is 0 Å². The first-order valence-electron chi connectivity index (χ1n) is 11.4. The molecule has 9 heteroatoms. The van der Waals surface area contributed by atoms with Crippen LogP contribution in [0.4, 0.5) is 13.2 Å². The van der Waals surface area contributed by atoms with Crippen LogP contribution in [0, 0.1) is 13.8 Å². The minimum Gasteiger partial charge on any atom is -0.332 e. The maximum atomic E-state index is 13.4. The molecule has 36 heavy (non-hydrogen) atoms. The predicted molar refractivity (Wildman–Crippen MR) is 127 cm³/mol. The Bertz CT molecular complexity index is 1390. The third-order valence-corrected chi connectivity index (χ3v) is 6.00. The highest BCUT2D eigenvalue weighted by atomic mass is 19.4. The normalized spacial score (nSPS) is 19.6. The molecule has 1 aliphatic rings. The molecule has 2 aromatic carbocycles. The maximum Gasteiger partial charge on any atom is 0.524 e. The van der Waals surface area contributed by atoms with Gasteiger partial charge in [-0.1, -0.05) is 77.5 Å². The van der Waals surface area contributed by atoms with Crippen molar-refractivity contribution < 1.29 is 22.4 Å². The van der Waals surface area contributed by atoms with Crippen molar-refractivity contribution >= 4 is 0 Å². The smallest absolute Gasteiger partial charge is 0.332 e. The maximum absolute atomic E-state index is 13.4. The summed E-state index contributed by atoms with van der Waals surface area (Å²) in [5, 5.41) is 8.37. The molecule has 0 atom stereocenters. The number of rotatable bonds is 6. The average Bonchev–Trinajstić information content (AvgIpc) is 3.48. The predicted octanol–water partition coefficient (Wildman–Crippen LogP) is 6.24. The van der Waals surface area contributed by atoms with E-state index >= 15 is 0 Å². The van der Waals surface area contributed by atoms with Gasteiger partial charge in [0, 0.05) is 11.6 Å². The molecule has 0 fully saturated rings. The number of halogens is 3. The minimum atomic E-state index is -4.93. The Kier molecular flexibility index (Phi) is 6.09. The molecule has 5 rings (SSSR count). The van der Waals surface area contributed by atoms with E-state index in [1.165, 1.54) is 12.2 Å². The van der Waals surface area contributed by atoms with E-state index in [2.05, 4.69) is 20.0 Å². The number of hydrogen-bond donors (Lipinski definition) is 0. The van der Waals surface area contributed by atoms with E-state index in [-0.39, 0.29) is 17.6 Å². The Morgan fingerprint density at radius 1 is 1.00 bits per heavy atom. The van der Waals surface area contributed by atoms with Crippen molar-refractivity contribution in [1.82, 2.24) is 19.9 Å². The van der Waals surface area contributed by atoms with Gasteiger partial charge < -0.3 is 4.52 Å². The second-order valence-corrected chi connectivity index (χ2v) is 8.73. The molecule has 0 bridgehead atoms. The van der Waals surface area contributed by atoms with Crippen LogP contribution in [0.3, 0.4) is 0 Å². The fourth-order valence-electron chi connectivity index (χ4n) is 4.09. The van der Waals surface area contributed by atoms with Crippen LogP contribution in [0.1, 0.15) is 34.1 Å². The zero-order valence-electron chi connectivity index (χ0n) is 19.6. The van der Waals surface area contributed by atoms with Gasteiger partial charge in [-0.2, -0.15) is 10.1 Å². The third kappa shape index (κ3) is 5.01. The lowest BCUT2D eigenvalue weighted by Gasteiger charge is -2.29. The summed E-state index contributed by atoms with van der Waals surface area (Å²) in [5.74, 6) is -0.463. The first-order chi connectivity index (χ1) is 17.2. The largest absolute Gasteiger partial charge is 0.524 e. The van der Waals surface area contributed by atoms with Crippen LogP contribution < -0.4 is 0 Å². The summed E-state index contributed by atoms with van der Waals surface area (Å²) in [6.45, 7) is 4.43. The van der Waals surface area contributed by atoms with Gasteiger partial charge in [0.05, 0.1) is 6.54 Å². The Labute approximate surface area is 205 Å². The number of aryl methyl sites for hydroxylation is 2. The van der Waals surface area contributed by atoms with Gasteiger partial charge in [-0.05, 0) is 43.2 Å². The third-order valence-electron chi connectivity index (χ3n) is 6.00. The van der Waals surface area contributed by atoms with E-state index in [0.29, 0.717) is 12.2 Å². The molecule has 0 spiro atoms. The van der Waals surface area contributed by atoms with Crippen LogP contribution in [0.25, 0.3) is 11.6 Å². The lowest BCUT2D eigenvalue weighted by atomic mass is 9.88. The van der Waals surface area contributed by atoms with Crippen LogP contribution in [0.15, 0.2) is 89.5 Å². The fourth-order valence-corrected chi connectivity index (χ4v) is 4.09. The second-order valence-electron chi connectivity index (χ2n) is 8.73. The molecular weight excluding hydrogens is 469 g/mol. The van der Waals surface area contributed by atoms with Gasteiger partial charge in [-0.15, -0.1) is 13.2 Å². The molecule has 6 nitrogen and oxygen atoms in total. The van der Waals surface area contributed by atoms with Crippen LogP contribution in [-0.4, -0.2) is 26.3 Å². The summed E-state index contributed by atoms with van der Waals surface area (Å²) in [7, 11) is 0. The zero-order valence-corrected chi connectivity index (χ0v) is 19.6. The molecule has 0 unspecified atom stereocenters. The van der Waals surface area contributed by atoms with Gasteiger partial charge >= 0.3 is 6.36 Å². The van der Waals surface area contributed by atoms with E-state index in [1.807, 2.05) is 68.4 Å². The fraction of sp³-hybridized carbons (Fsp3) is 0.222. The molecule has 2 aromatic heterocycles. The number of alkyl halides is 3. The molecular formula is C27H23F3N4O2. The lowest BCUT2D eigenvalue weighted by Crippen LogP contribution is -2.34. The average molecular weight is 493 g/mol. The van der Waals surface area contributed by atoms with Crippen LogP contribution >= 0.6 is 0 Å². The van der Waals surface area contributed by atoms with Crippen molar-refractivity contribution in [2.75, 3.05) is 0 Å². The van der Waals surface area contributed by atoms with Gasteiger partial charge in [0.1, 0.15) is 0 Å². The molecule has 0 saturated carbocycles. The van der Waals surface area contributed by atoms with Gasteiger partial charge in [0.2, 0.25) is 5.82 Å². The molecule has 4 aromatic rings. The van der Waals surface area contributed by atoms with E-state index in [9.17, 15) is 13.2 Å². The summed E-state index contributed by atoms with van der Waals surface area (Å²) < 4.78 is 51.9. The molecule has 0 aliphatic heterocycles. The molecule has 1 aliphatic carbocycles. The number of hydrogen-bond acceptors (Lipinski definition) is 5. The Hall–Kier alpha value is -3.98. The highest BCUT2D eigenvalue weighted by Gasteiger charge is 2.46. The molecule has 0 radical (unpaired) electrons. The van der Waals surface area contributed by atoms with Crippen molar-refractivity contribution in [3.05, 3.63) is 113 Å². The quantitative estimate of drug-likeness (QED) is 0.298. The van der Waals surface area contributed by atoms with Gasteiger partial charge in [-0.3, -0.25) is 9.42 Å². The van der Waals surface area contributed by atoms with E-state index < -0.39 is 12.0 Å². The highest BCUT2D eigenvalue weighted by Crippen LogP contribution is 2.39. The van der Waals surface area contributed by atoms with Crippen molar-refractivity contribution in [2.45, 2.75) is 38.3 Å². The van der Waals surface area contributed by atoms with Gasteiger partial charge in [-0.25, -0.2) is 0 Å². The SMILES string of the molecule is Cc1ccc(Cn2nc(-c3nc(C4(OC(F)(F)F)C=CC(c5ccccc5)C=C4)no3)cc2C)cc1. The number of nitrogens with zero attached hydrogens (tertiary/aromatic N) is 4. The summed E-state index contributed by atoms with van der Waals surface area (Å²) in [6.07, 6.45) is 0.971. The first kappa shape index (κ1) is 23.7. The molecule has 0 N–H and O–H groups in total. The van der Waals surface area contributed by atoms with Crippen molar-refractivity contribution in [3.8, 4) is 11.6 Å². The lowest BCUT2D eigenvalue weighted by molar-refractivity contribution is -0.354. The summed E-state index contributed by atoms with van der Waals surface area (Å²) in [6, 6.07) is 19.2. The summed E-state index contributed by atoms with van der Waals surface area (Å²) in [5.41, 5.74) is 2.32. The topological polar surface area (TPSA) is 66.0 Å². The highest BCUT2D eigenvalue weighted by molar-refractivity contribution is 5.48. The van der Waals surface area contributed by atoms with Crippen LogP contribution in [-0.2, 0) is 16.9 Å². The van der Waals surface area contributed by atoms with Crippen molar-refractivity contribution in [2.24, 2.45) is 0 Å². The number of ether oxygens (including phenoxy) is 1. The first-order valence-corrected chi connectivity index (χ1v) is 11.4. The summed E-state index contributed by atoms with van der Waals surface area (Å²) >= 11 is 0.